The van der Waals surface area contributed by atoms with Crippen molar-refractivity contribution in [3.05, 3.63) is 47.7 Å². The molecule has 6 heteroatoms. The van der Waals surface area contributed by atoms with Crippen molar-refractivity contribution in [3.63, 3.8) is 0 Å². The van der Waals surface area contributed by atoms with Crippen molar-refractivity contribution < 1.29 is 0 Å². The van der Waals surface area contributed by atoms with Crippen molar-refractivity contribution >= 4 is 17.0 Å². The predicted octanol–water partition coefficient (Wildman–Crippen LogP) is 2.68. The Morgan fingerprint density at radius 1 is 1.22 bits per heavy atom. The summed E-state index contributed by atoms with van der Waals surface area (Å²) in [6.45, 7) is 0. The Morgan fingerprint density at radius 3 is 2.87 bits per heavy atom. The van der Waals surface area contributed by atoms with Gasteiger partial charge in [-0.3, -0.25) is 0 Å². The van der Waals surface area contributed by atoms with Crippen LogP contribution in [0, 0.1) is 0 Å². The quantitative estimate of drug-likeness (QED) is 0.761. The van der Waals surface area contributed by atoms with Crippen molar-refractivity contribution in [2.45, 2.75) is 37.6 Å². The van der Waals surface area contributed by atoms with Gasteiger partial charge in [0.2, 0.25) is 0 Å². The van der Waals surface area contributed by atoms with E-state index in [1.54, 1.807) is 0 Å². The molecular formula is C17H18N6. The van der Waals surface area contributed by atoms with Crippen LogP contribution in [0.4, 0.5) is 11.5 Å². The number of nitrogens with two attached hydrogens (primary N) is 1. The van der Waals surface area contributed by atoms with Crippen LogP contribution in [0.2, 0.25) is 0 Å². The number of nitrogen functional groups attached to an aromatic ring is 1. The number of nitrogens with zero attached hydrogens (tertiary/aromatic N) is 4. The molecule has 0 amide bonds. The summed E-state index contributed by atoms with van der Waals surface area (Å²) in [6.07, 6.45) is 6.07. The molecule has 5 rings (SSSR count). The Bertz CT molecular complexity index is 870. The zero-order valence-corrected chi connectivity index (χ0v) is 12.7. The van der Waals surface area contributed by atoms with Crippen LogP contribution in [-0.2, 0) is 6.42 Å². The second-order valence-electron chi connectivity index (χ2n) is 6.45. The summed E-state index contributed by atoms with van der Waals surface area (Å²) in [5.41, 5.74) is 10.5. The average molecular weight is 306 g/mol. The molecule has 3 heterocycles. The molecule has 116 valence electrons. The highest BCUT2D eigenvalue weighted by Gasteiger charge is 2.31. The summed E-state index contributed by atoms with van der Waals surface area (Å²) in [4.78, 5) is 9.14. The number of para-hydroxylation sites is 1. The molecule has 3 N–H and O–H groups in total. The maximum atomic E-state index is 6.16. The monoisotopic (exact) mass is 306 g/mol. The fourth-order valence-corrected chi connectivity index (χ4v) is 3.64. The minimum Gasteiger partial charge on any atom is -0.382 e. The fourth-order valence-electron chi connectivity index (χ4n) is 3.64. The molecule has 1 atom stereocenters. The van der Waals surface area contributed by atoms with Gasteiger partial charge >= 0.3 is 0 Å². The normalized spacial score (nSPS) is 20.3. The van der Waals surface area contributed by atoms with Crippen LogP contribution in [-0.4, -0.2) is 19.6 Å². The van der Waals surface area contributed by atoms with E-state index in [1.807, 2.05) is 4.52 Å². The number of fused-ring (bicyclic) bond motifs is 2. The summed E-state index contributed by atoms with van der Waals surface area (Å²) in [6, 6.07) is 8.53. The van der Waals surface area contributed by atoms with Crippen LogP contribution in [0.3, 0.4) is 0 Å². The van der Waals surface area contributed by atoms with E-state index in [9.17, 15) is 0 Å². The number of hydrogen-bond donors (Lipinski definition) is 2. The van der Waals surface area contributed by atoms with Gasteiger partial charge in [0, 0.05) is 18.0 Å². The first-order chi connectivity index (χ1) is 11.3. The highest BCUT2D eigenvalue weighted by Crippen LogP contribution is 2.40. The first-order valence-electron chi connectivity index (χ1n) is 8.14. The summed E-state index contributed by atoms with van der Waals surface area (Å²) < 4.78 is 1.91. The molecule has 1 aliphatic heterocycles. The summed E-state index contributed by atoms with van der Waals surface area (Å²) in [7, 11) is 0. The van der Waals surface area contributed by atoms with Gasteiger partial charge in [0.1, 0.15) is 17.7 Å². The van der Waals surface area contributed by atoms with Crippen molar-refractivity contribution in [3.8, 4) is 0 Å². The molecule has 1 saturated carbocycles. The van der Waals surface area contributed by atoms with E-state index >= 15 is 0 Å². The van der Waals surface area contributed by atoms with Gasteiger partial charge in [-0.2, -0.15) is 5.10 Å². The molecule has 1 aromatic carbocycles. The van der Waals surface area contributed by atoms with E-state index in [0.29, 0.717) is 11.7 Å². The molecule has 6 nitrogen and oxygen atoms in total. The molecule has 1 fully saturated rings. The number of anilines is 2. The van der Waals surface area contributed by atoms with Gasteiger partial charge in [-0.25, -0.2) is 14.5 Å². The Morgan fingerprint density at radius 2 is 2.09 bits per heavy atom. The lowest BCUT2D eigenvalue weighted by molar-refractivity contribution is 0.395. The van der Waals surface area contributed by atoms with E-state index in [4.69, 9.17) is 10.7 Å². The Labute approximate surface area is 133 Å². The minimum atomic E-state index is 0.129. The molecule has 23 heavy (non-hydrogen) atoms. The van der Waals surface area contributed by atoms with E-state index < -0.39 is 0 Å². The minimum absolute atomic E-state index is 0.129. The number of benzene rings is 1. The number of aromatic nitrogens is 4. The zero-order chi connectivity index (χ0) is 15.4. The van der Waals surface area contributed by atoms with Crippen molar-refractivity contribution in [1.29, 1.82) is 0 Å². The van der Waals surface area contributed by atoms with Crippen molar-refractivity contribution in [2.24, 2.45) is 0 Å². The largest absolute Gasteiger partial charge is 0.382 e. The molecule has 0 bridgehead atoms. The zero-order valence-electron chi connectivity index (χ0n) is 12.7. The second-order valence-corrected chi connectivity index (χ2v) is 6.45. The molecule has 2 aromatic heterocycles. The Balaban J connectivity index is 1.64. The van der Waals surface area contributed by atoms with Crippen molar-refractivity contribution in [2.75, 3.05) is 11.1 Å². The maximum Gasteiger partial charge on any atom is 0.153 e. The van der Waals surface area contributed by atoms with E-state index in [2.05, 4.69) is 39.7 Å². The highest BCUT2D eigenvalue weighted by molar-refractivity contribution is 5.71. The molecule has 1 unspecified atom stereocenters. The van der Waals surface area contributed by atoms with Crippen LogP contribution in [0.1, 0.15) is 48.3 Å². The van der Waals surface area contributed by atoms with Crippen LogP contribution in [0.15, 0.2) is 30.6 Å². The Kier molecular flexibility index (Phi) is 2.62. The van der Waals surface area contributed by atoms with E-state index in [1.165, 1.54) is 36.8 Å². The van der Waals surface area contributed by atoms with Gasteiger partial charge in [-0.05, 0) is 24.5 Å². The van der Waals surface area contributed by atoms with Crippen LogP contribution < -0.4 is 11.1 Å². The Hall–Kier alpha value is -2.63. The molecule has 1 aliphatic carbocycles. The maximum absolute atomic E-state index is 6.16. The average Bonchev–Trinajstić information content (AvgIpc) is 3.08. The van der Waals surface area contributed by atoms with E-state index in [-0.39, 0.29) is 6.04 Å². The topological polar surface area (TPSA) is 81.1 Å². The lowest BCUT2D eigenvalue weighted by Gasteiger charge is -2.23. The molecule has 3 aromatic rings. The molecule has 0 saturated heterocycles. The summed E-state index contributed by atoms with van der Waals surface area (Å²) >= 11 is 0. The van der Waals surface area contributed by atoms with Crippen LogP contribution in [0.25, 0.3) is 5.52 Å². The van der Waals surface area contributed by atoms with Crippen LogP contribution >= 0.6 is 0 Å². The van der Waals surface area contributed by atoms with Gasteiger partial charge < -0.3 is 11.1 Å². The standard InChI is InChI=1S/C17H18N6/c18-16-15-14(13-8-11-4-1-2-7-12(11)21-13)22-17(10-5-3-6-10)23(15)20-9-19-16/h1-2,4,7,9-10,13,21H,3,5-6,8H2,(H2,18,19,20). The lowest BCUT2D eigenvalue weighted by Crippen LogP contribution is -2.14. The third kappa shape index (κ3) is 1.84. The first-order valence-corrected chi connectivity index (χ1v) is 8.14. The van der Waals surface area contributed by atoms with Gasteiger partial charge in [0.15, 0.2) is 5.82 Å². The lowest BCUT2D eigenvalue weighted by atomic mass is 9.85. The van der Waals surface area contributed by atoms with Crippen molar-refractivity contribution in [1.82, 2.24) is 19.6 Å². The highest BCUT2D eigenvalue weighted by atomic mass is 15.3. The van der Waals surface area contributed by atoms with Gasteiger partial charge in [0.25, 0.3) is 0 Å². The molecule has 0 spiro atoms. The smallest absolute Gasteiger partial charge is 0.153 e. The number of hydrogen-bond acceptors (Lipinski definition) is 5. The third-order valence-corrected chi connectivity index (χ3v) is 5.08. The fraction of sp³-hybridized carbons (Fsp3) is 0.353. The summed E-state index contributed by atoms with van der Waals surface area (Å²) in [5.74, 6) is 2.04. The SMILES string of the molecule is Nc1ncnn2c(C3CCC3)nc(C3Cc4ccccc4N3)c12. The molecular weight excluding hydrogens is 288 g/mol. The number of rotatable bonds is 2. The second kappa shape index (κ2) is 4.68. The third-order valence-electron chi connectivity index (χ3n) is 5.08. The molecule has 2 aliphatic rings. The molecule has 0 radical (unpaired) electrons. The van der Waals surface area contributed by atoms with Gasteiger partial charge in [-0.1, -0.05) is 24.6 Å². The van der Waals surface area contributed by atoms with E-state index in [0.717, 1.165) is 23.5 Å². The predicted molar refractivity (Wildman–Crippen MR) is 88.3 cm³/mol. The van der Waals surface area contributed by atoms with Crippen LogP contribution in [0.5, 0.6) is 0 Å². The number of nitrogens with one attached hydrogen (secondary N) is 1. The number of imidazole rings is 1. The summed E-state index contributed by atoms with van der Waals surface area (Å²) in [5, 5.41) is 7.99. The first kappa shape index (κ1) is 12.9. The van der Waals surface area contributed by atoms with Gasteiger partial charge in [0.05, 0.1) is 11.7 Å². The van der Waals surface area contributed by atoms with Gasteiger partial charge in [-0.15, -0.1) is 0 Å².